The molecule has 0 bridgehead atoms. The monoisotopic (exact) mass is 375 g/mol. The first-order chi connectivity index (χ1) is 13.5. The first-order valence-corrected chi connectivity index (χ1v) is 9.64. The van der Waals surface area contributed by atoms with Crippen LogP contribution in [0.4, 0.5) is 5.69 Å². The van der Waals surface area contributed by atoms with Gasteiger partial charge in [0.25, 0.3) is 5.91 Å². The summed E-state index contributed by atoms with van der Waals surface area (Å²) in [6.45, 7) is 9.07. The average Bonchev–Trinajstić information content (AvgIpc) is 3.11. The molecule has 0 spiro atoms. The third-order valence-electron chi connectivity index (χ3n) is 5.52. The fourth-order valence-corrected chi connectivity index (χ4v) is 3.59. The molecule has 0 unspecified atom stereocenters. The molecular formula is C22H25N5O. The van der Waals surface area contributed by atoms with Crippen LogP contribution in [-0.2, 0) is 0 Å². The van der Waals surface area contributed by atoms with Crippen molar-refractivity contribution in [1.29, 1.82) is 0 Å². The lowest BCUT2D eigenvalue weighted by molar-refractivity contribution is 0.0740. The Morgan fingerprint density at radius 3 is 2.25 bits per heavy atom. The number of aromatic nitrogens is 3. The summed E-state index contributed by atoms with van der Waals surface area (Å²) in [5.74, 6) is -0.0414. The van der Waals surface area contributed by atoms with Crippen molar-refractivity contribution in [2.75, 3.05) is 31.1 Å². The van der Waals surface area contributed by atoms with E-state index < -0.39 is 0 Å². The van der Waals surface area contributed by atoms with Crippen LogP contribution in [0.5, 0.6) is 0 Å². The van der Waals surface area contributed by atoms with Gasteiger partial charge in [0, 0.05) is 31.9 Å². The van der Waals surface area contributed by atoms with Crippen LogP contribution in [0.1, 0.15) is 27.3 Å². The van der Waals surface area contributed by atoms with Gasteiger partial charge in [-0.25, -0.2) is 4.68 Å². The Hall–Kier alpha value is -3.15. The summed E-state index contributed by atoms with van der Waals surface area (Å²) in [5.41, 5.74) is 5.77. The molecule has 1 amide bonds. The van der Waals surface area contributed by atoms with Crippen LogP contribution in [-0.4, -0.2) is 52.0 Å². The minimum absolute atomic E-state index is 0.0414. The predicted octanol–water partition coefficient (Wildman–Crippen LogP) is 3.15. The molecular weight excluding hydrogens is 350 g/mol. The molecule has 4 rings (SSSR count). The molecule has 1 saturated heterocycles. The molecule has 0 aliphatic carbocycles. The fraction of sp³-hybridized carbons (Fsp3) is 0.318. The number of rotatable bonds is 3. The van der Waals surface area contributed by atoms with Gasteiger partial charge in [-0.05, 0) is 56.2 Å². The maximum atomic E-state index is 13.0. The molecule has 0 radical (unpaired) electrons. The second-order valence-electron chi connectivity index (χ2n) is 7.32. The van der Waals surface area contributed by atoms with Crippen LogP contribution in [0.2, 0.25) is 0 Å². The Kier molecular flexibility index (Phi) is 4.86. The molecule has 1 aliphatic rings. The fourth-order valence-electron chi connectivity index (χ4n) is 3.59. The number of hydrogen-bond acceptors (Lipinski definition) is 4. The zero-order chi connectivity index (χ0) is 19.7. The molecule has 0 saturated carbocycles. The maximum absolute atomic E-state index is 13.0. The Labute approximate surface area is 165 Å². The van der Waals surface area contributed by atoms with Crippen molar-refractivity contribution in [2.24, 2.45) is 0 Å². The van der Waals surface area contributed by atoms with E-state index in [0.29, 0.717) is 18.8 Å². The van der Waals surface area contributed by atoms with Gasteiger partial charge in [0.05, 0.1) is 11.4 Å². The van der Waals surface area contributed by atoms with Gasteiger partial charge < -0.3 is 9.80 Å². The minimum Gasteiger partial charge on any atom is -0.368 e. The van der Waals surface area contributed by atoms with Gasteiger partial charge in [0.2, 0.25) is 0 Å². The van der Waals surface area contributed by atoms with Crippen molar-refractivity contribution in [3.63, 3.8) is 0 Å². The number of carbonyl (C=O) groups is 1. The molecule has 0 N–H and O–H groups in total. The summed E-state index contributed by atoms with van der Waals surface area (Å²) in [7, 11) is 0. The Bertz CT molecular complexity index is 987. The summed E-state index contributed by atoms with van der Waals surface area (Å²) in [5, 5.41) is 8.45. The van der Waals surface area contributed by atoms with E-state index in [1.807, 2.05) is 36.1 Å². The summed E-state index contributed by atoms with van der Waals surface area (Å²) in [6.07, 6.45) is 0. The molecule has 2 aromatic carbocycles. The van der Waals surface area contributed by atoms with Crippen molar-refractivity contribution in [1.82, 2.24) is 19.9 Å². The van der Waals surface area contributed by atoms with E-state index >= 15 is 0 Å². The van der Waals surface area contributed by atoms with Crippen molar-refractivity contribution in [2.45, 2.75) is 20.8 Å². The van der Waals surface area contributed by atoms with E-state index in [-0.39, 0.29) is 5.91 Å². The van der Waals surface area contributed by atoms with Gasteiger partial charge in [-0.2, -0.15) is 0 Å². The maximum Gasteiger partial charge on any atom is 0.276 e. The molecule has 3 aromatic rings. The van der Waals surface area contributed by atoms with Crippen LogP contribution in [0.3, 0.4) is 0 Å². The molecule has 2 heterocycles. The number of aryl methyl sites for hydroxylation is 2. The molecule has 28 heavy (non-hydrogen) atoms. The number of anilines is 1. The smallest absolute Gasteiger partial charge is 0.276 e. The highest BCUT2D eigenvalue weighted by Crippen LogP contribution is 2.19. The Morgan fingerprint density at radius 1 is 0.857 bits per heavy atom. The van der Waals surface area contributed by atoms with Crippen molar-refractivity contribution >= 4 is 11.6 Å². The van der Waals surface area contributed by atoms with Gasteiger partial charge in [0.1, 0.15) is 0 Å². The number of piperazine rings is 1. The first kappa shape index (κ1) is 18.2. The number of amides is 1. The van der Waals surface area contributed by atoms with E-state index in [0.717, 1.165) is 24.5 Å². The normalized spacial score (nSPS) is 14.4. The van der Waals surface area contributed by atoms with Crippen LogP contribution < -0.4 is 4.90 Å². The second kappa shape index (κ2) is 7.46. The largest absolute Gasteiger partial charge is 0.368 e. The molecule has 1 aromatic heterocycles. The first-order valence-electron chi connectivity index (χ1n) is 9.64. The standard InChI is InChI=1S/C22H25N5O/c1-16-9-10-20(15-17(16)2)27-18(3)21(23-24-27)22(28)26-13-11-25(12-14-26)19-7-5-4-6-8-19/h4-10,15H,11-14H2,1-3H3. The number of carbonyl (C=O) groups excluding carboxylic acids is 1. The summed E-state index contributed by atoms with van der Waals surface area (Å²) >= 11 is 0. The van der Waals surface area contributed by atoms with Crippen LogP contribution in [0.25, 0.3) is 5.69 Å². The highest BCUT2D eigenvalue weighted by Gasteiger charge is 2.26. The molecule has 1 aliphatic heterocycles. The average molecular weight is 375 g/mol. The highest BCUT2D eigenvalue weighted by atomic mass is 16.2. The topological polar surface area (TPSA) is 54.3 Å². The molecule has 0 atom stereocenters. The van der Waals surface area contributed by atoms with Crippen LogP contribution >= 0.6 is 0 Å². The number of benzene rings is 2. The van der Waals surface area contributed by atoms with Gasteiger partial charge in [-0.3, -0.25) is 4.79 Å². The third kappa shape index (κ3) is 3.38. The van der Waals surface area contributed by atoms with E-state index in [1.165, 1.54) is 16.8 Å². The van der Waals surface area contributed by atoms with E-state index in [9.17, 15) is 4.79 Å². The van der Waals surface area contributed by atoms with Crippen LogP contribution in [0.15, 0.2) is 48.5 Å². The van der Waals surface area contributed by atoms with E-state index in [4.69, 9.17) is 0 Å². The highest BCUT2D eigenvalue weighted by molar-refractivity contribution is 5.93. The van der Waals surface area contributed by atoms with Crippen LogP contribution in [0, 0.1) is 20.8 Å². The Balaban J connectivity index is 1.49. The number of nitrogens with zero attached hydrogens (tertiary/aromatic N) is 5. The Morgan fingerprint density at radius 2 is 1.57 bits per heavy atom. The second-order valence-corrected chi connectivity index (χ2v) is 7.32. The lowest BCUT2D eigenvalue weighted by atomic mass is 10.1. The van der Waals surface area contributed by atoms with E-state index in [2.05, 4.69) is 53.3 Å². The van der Waals surface area contributed by atoms with Gasteiger partial charge in [-0.1, -0.05) is 29.5 Å². The van der Waals surface area contributed by atoms with Gasteiger partial charge in [-0.15, -0.1) is 5.10 Å². The number of para-hydroxylation sites is 1. The number of hydrogen-bond donors (Lipinski definition) is 0. The molecule has 6 heteroatoms. The zero-order valence-corrected chi connectivity index (χ0v) is 16.6. The summed E-state index contributed by atoms with van der Waals surface area (Å²) in [6, 6.07) is 16.5. The predicted molar refractivity (Wildman–Crippen MR) is 110 cm³/mol. The zero-order valence-electron chi connectivity index (χ0n) is 16.6. The third-order valence-corrected chi connectivity index (χ3v) is 5.52. The lowest BCUT2D eigenvalue weighted by Gasteiger charge is -2.35. The quantitative estimate of drug-likeness (QED) is 0.706. The lowest BCUT2D eigenvalue weighted by Crippen LogP contribution is -2.49. The summed E-state index contributed by atoms with van der Waals surface area (Å²) in [4.78, 5) is 17.2. The van der Waals surface area contributed by atoms with Crippen molar-refractivity contribution in [3.8, 4) is 5.69 Å². The van der Waals surface area contributed by atoms with Gasteiger partial charge in [0.15, 0.2) is 5.69 Å². The SMILES string of the molecule is Cc1ccc(-n2nnc(C(=O)N3CCN(c4ccccc4)CC3)c2C)cc1C. The molecule has 144 valence electrons. The summed E-state index contributed by atoms with van der Waals surface area (Å²) < 4.78 is 1.75. The van der Waals surface area contributed by atoms with Crippen molar-refractivity contribution < 1.29 is 4.79 Å². The molecule has 6 nitrogen and oxygen atoms in total. The van der Waals surface area contributed by atoms with Gasteiger partial charge >= 0.3 is 0 Å². The minimum atomic E-state index is -0.0414. The van der Waals surface area contributed by atoms with E-state index in [1.54, 1.807) is 4.68 Å². The van der Waals surface area contributed by atoms with Crippen molar-refractivity contribution in [3.05, 3.63) is 71.0 Å². The molecule has 1 fully saturated rings.